The molecule has 0 saturated carbocycles. The van der Waals surface area contributed by atoms with Gasteiger partial charge >= 0.3 is 0 Å². The highest BCUT2D eigenvalue weighted by atomic mass is 16.3. The van der Waals surface area contributed by atoms with Crippen LogP contribution in [-0.2, 0) is 6.42 Å². The molecule has 0 spiro atoms. The highest BCUT2D eigenvalue weighted by Gasteiger charge is 2.28. The lowest BCUT2D eigenvalue weighted by Gasteiger charge is -2.31. The molecule has 1 aliphatic carbocycles. The third-order valence-corrected chi connectivity index (χ3v) is 4.95. The van der Waals surface area contributed by atoms with Crippen LogP contribution in [0.5, 0.6) is 0 Å². The molecule has 0 aromatic heterocycles. The fourth-order valence-corrected chi connectivity index (χ4v) is 3.62. The van der Waals surface area contributed by atoms with Crippen molar-refractivity contribution in [1.29, 1.82) is 0 Å². The first-order valence-electron chi connectivity index (χ1n) is 8.11. The van der Waals surface area contributed by atoms with Crippen LogP contribution in [0.25, 0.3) is 0 Å². The molecule has 1 aliphatic rings. The van der Waals surface area contributed by atoms with Crippen molar-refractivity contribution < 1.29 is 10.2 Å². The fourth-order valence-electron chi connectivity index (χ4n) is 3.62. The summed E-state index contributed by atoms with van der Waals surface area (Å²) in [5.41, 5.74) is 2.81. The minimum absolute atomic E-state index is 0.212. The van der Waals surface area contributed by atoms with E-state index in [0.29, 0.717) is 12.3 Å². The van der Waals surface area contributed by atoms with Gasteiger partial charge in [0.05, 0.1) is 12.2 Å². The second-order valence-corrected chi connectivity index (χ2v) is 6.16. The van der Waals surface area contributed by atoms with E-state index in [2.05, 4.69) is 38.1 Å². The van der Waals surface area contributed by atoms with Gasteiger partial charge in [0, 0.05) is 0 Å². The van der Waals surface area contributed by atoms with E-state index in [1.807, 2.05) is 0 Å². The van der Waals surface area contributed by atoms with Crippen LogP contribution in [0, 0.1) is 5.92 Å². The van der Waals surface area contributed by atoms with E-state index in [9.17, 15) is 10.2 Å². The Morgan fingerprint density at radius 3 is 2.55 bits per heavy atom. The molecule has 20 heavy (non-hydrogen) atoms. The van der Waals surface area contributed by atoms with Crippen LogP contribution in [0.2, 0.25) is 0 Å². The zero-order valence-corrected chi connectivity index (χ0v) is 12.8. The molecule has 0 saturated heterocycles. The number of hydrogen-bond donors (Lipinski definition) is 2. The van der Waals surface area contributed by atoms with Crippen molar-refractivity contribution in [3.8, 4) is 0 Å². The Labute approximate surface area is 122 Å². The van der Waals surface area contributed by atoms with Gasteiger partial charge in [-0.25, -0.2) is 0 Å². The number of rotatable bonds is 6. The zero-order valence-electron chi connectivity index (χ0n) is 12.8. The summed E-state index contributed by atoms with van der Waals surface area (Å²) in [7, 11) is 0. The number of hydrogen-bond acceptors (Lipinski definition) is 2. The topological polar surface area (TPSA) is 40.5 Å². The van der Waals surface area contributed by atoms with Gasteiger partial charge in [-0.1, -0.05) is 51.0 Å². The van der Waals surface area contributed by atoms with Crippen molar-refractivity contribution in [2.45, 2.75) is 70.5 Å². The molecule has 1 aromatic carbocycles. The third-order valence-electron chi connectivity index (χ3n) is 4.95. The molecular formula is C18H28O2. The number of aliphatic hydroxyl groups excluding tert-OH is 2. The number of fused-ring (bicyclic) bond motifs is 1. The molecule has 2 heteroatoms. The SMILES string of the molecule is CCC(CC)C(O)C(O)CC1CCCc2ccccc21. The second-order valence-electron chi connectivity index (χ2n) is 6.16. The third kappa shape index (κ3) is 3.42. The summed E-state index contributed by atoms with van der Waals surface area (Å²) in [6.45, 7) is 4.17. The lowest BCUT2D eigenvalue weighted by molar-refractivity contribution is -0.0270. The molecule has 2 rings (SSSR count). The Morgan fingerprint density at radius 2 is 1.85 bits per heavy atom. The van der Waals surface area contributed by atoms with Gasteiger partial charge in [-0.05, 0) is 48.6 Å². The highest BCUT2D eigenvalue weighted by molar-refractivity contribution is 5.32. The van der Waals surface area contributed by atoms with Crippen molar-refractivity contribution in [1.82, 2.24) is 0 Å². The molecule has 3 atom stereocenters. The molecule has 2 N–H and O–H groups in total. The van der Waals surface area contributed by atoms with Crippen LogP contribution in [0.3, 0.4) is 0 Å². The molecule has 3 unspecified atom stereocenters. The first kappa shape index (κ1) is 15.5. The normalized spacial score (nSPS) is 21.6. The quantitative estimate of drug-likeness (QED) is 0.832. The second kappa shape index (κ2) is 7.24. The molecule has 0 bridgehead atoms. The van der Waals surface area contributed by atoms with Gasteiger partial charge in [0.2, 0.25) is 0 Å². The molecule has 0 heterocycles. The van der Waals surface area contributed by atoms with Crippen LogP contribution >= 0.6 is 0 Å². The fraction of sp³-hybridized carbons (Fsp3) is 0.667. The molecule has 0 radical (unpaired) electrons. The monoisotopic (exact) mass is 276 g/mol. The standard InChI is InChI=1S/C18H28O2/c1-3-13(4-2)18(20)17(19)12-15-10-7-9-14-8-5-6-11-16(14)15/h5-6,8,11,13,15,17-20H,3-4,7,9-10,12H2,1-2H3. The average molecular weight is 276 g/mol. The van der Waals surface area contributed by atoms with Crippen LogP contribution < -0.4 is 0 Å². The van der Waals surface area contributed by atoms with Crippen molar-refractivity contribution in [3.05, 3.63) is 35.4 Å². The van der Waals surface area contributed by atoms with Crippen LogP contribution in [0.1, 0.15) is 63.0 Å². The molecule has 0 aliphatic heterocycles. The maximum Gasteiger partial charge on any atom is 0.0827 e. The van der Waals surface area contributed by atoms with E-state index in [1.165, 1.54) is 17.5 Å². The van der Waals surface area contributed by atoms with Crippen LogP contribution in [0.4, 0.5) is 0 Å². The maximum absolute atomic E-state index is 10.4. The summed E-state index contributed by atoms with van der Waals surface area (Å²) in [5.74, 6) is 0.614. The Morgan fingerprint density at radius 1 is 1.15 bits per heavy atom. The van der Waals surface area contributed by atoms with Gasteiger partial charge < -0.3 is 10.2 Å². The summed E-state index contributed by atoms with van der Waals surface area (Å²) in [4.78, 5) is 0. The first-order chi connectivity index (χ1) is 9.67. The smallest absolute Gasteiger partial charge is 0.0827 e. The largest absolute Gasteiger partial charge is 0.390 e. The predicted molar refractivity (Wildman–Crippen MR) is 82.8 cm³/mol. The lowest BCUT2D eigenvalue weighted by Crippen LogP contribution is -2.34. The molecule has 0 fully saturated rings. The van der Waals surface area contributed by atoms with Crippen molar-refractivity contribution >= 4 is 0 Å². The Balaban J connectivity index is 2.03. The molecule has 112 valence electrons. The molecule has 2 nitrogen and oxygen atoms in total. The van der Waals surface area contributed by atoms with E-state index >= 15 is 0 Å². The van der Waals surface area contributed by atoms with E-state index in [4.69, 9.17) is 0 Å². The lowest BCUT2D eigenvalue weighted by atomic mass is 9.78. The highest BCUT2D eigenvalue weighted by Crippen LogP contribution is 2.35. The van der Waals surface area contributed by atoms with E-state index < -0.39 is 12.2 Å². The first-order valence-corrected chi connectivity index (χ1v) is 8.11. The van der Waals surface area contributed by atoms with Crippen LogP contribution in [0.15, 0.2) is 24.3 Å². The van der Waals surface area contributed by atoms with Gasteiger partial charge in [0.1, 0.15) is 0 Å². The van der Waals surface area contributed by atoms with Crippen LogP contribution in [-0.4, -0.2) is 22.4 Å². The summed E-state index contributed by atoms with van der Waals surface area (Å²) in [5, 5.41) is 20.7. The van der Waals surface area contributed by atoms with Gasteiger partial charge in [-0.3, -0.25) is 0 Å². The average Bonchev–Trinajstić information content (AvgIpc) is 2.48. The van der Waals surface area contributed by atoms with E-state index in [0.717, 1.165) is 25.7 Å². The minimum Gasteiger partial charge on any atom is -0.390 e. The summed E-state index contributed by atoms with van der Waals surface area (Å²) >= 11 is 0. The van der Waals surface area contributed by atoms with E-state index in [-0.39, 0.29) is 5.92 Å². The number of benzene rings is 1. The maximum atomic E-state index is 10.4. The zero-order chi connectivity index (χ0) is 14.5. The summed E-state index contributed by atoms with van der Waals surface area (Å²) in [6.07, 6.45) is 4.83. The Hall–Kier alpha value is -0.860. The molecular weight excluding hydrogens is 248 g/mol. The number of aryl methyl sites for hydroxylation is 1. The van der Waals surface area contributed by atoms with Crippen molar-refractivity contribution in [2.75, 3.05) is 0 Å². The van der Waals surface area contributed by atoms with E-state index in [1.54, 1.807) is 0 Å². The van der Waals surface area contributed by atoms with Gasteiger partial charge in [-0.2, -0.15) is 0 Å². The van der Waals surface area contributed by atoms with Gasteiger partial charge in [-0.15, -0.1) is 0 Å². The van der Waals surface area contributed by atoms with Gasteiger partial charge in [0.25, 0.3) is 0 Å². The minimum atomic E-state index is -0.601. The number of aliphatic hydroxyl groups is 2. The molecule has 1 aromatic rings. The molecule has 0 amide bonds. The van der Waals surface area contributed by atoms with Gasteiger partial charge in [0.15, 0.2) is 0 Å². The van der Waals surface area contributed by atoms with Crippen molar-refractivity contribution in [2.24, 2.45) is 5.92 Å². The van der Waals surface area contributed by atoms with Crippen molar-refractivity contribution in [3.63, 3.8) is 0 Å². The summed E-state index contributed by atoms with van der Waals surface area (Å²) in [6, 6.07) is 8.57. The predicted octanol–water partition coefficient (Wildman–Crippen LogP) is 3.65. The Kier molecular flexibility index (Phi) is 5.62. The Bertz CT molecular complexity index is 412. The summed E-state index contributed by atoms with van der Waals surface area (Å²) < 4.78 is 0.